The van der Waals surface area contributed by atoms with Gasteiger partial charge >= 0.3 is 5.97 Å². The number of aromatic nitrogens is 5. The quantitative estimate of drug-likeness (QED) is 0.353. The molecule has 0 radical (unpaired) electrons. The number of carbonyl (C=O) groups is 1. The third-order valence-corrected chi connectivity index (χ3v) is 5.75. The van der Waals surface area contributed by atoms with Crippen LogP contribution in [0.3, 0.4) is 0 Å². The van der Waals surface area contributed by atoms with E-state index >= 15 is 0 Å². The third kappa shape index (κ3) is 5.22. The summed E-state index contributed by atoms with van der Waals surface area (Å²) in [6.07, 6.45) is 2.33. The fraction of sp³-hybridized carbons (Fsp3) is 0.217. The number of hydrogen-bond donors (Lipinski definition) is 0. The maximum Gasteiger partial charge on any atom is 0.376 e. The van der Waals surface area contributed by atoms with Gasteiger partial charge in [-0.2, -0.15) is 0 Å². The van der Waals surface area contributed by atoms with Crippen LogP contribution >= 0.6 is 11.3 Å². The summed E-state index contributed by atoms with van der Waals surface area (Å²) in [5.41, 5.74) is 0.444. The van der Waals surface area contributed by atoms with Crippen molar-refractivity contribution in [1.29, 1.82) is 0 Å². The number of pyridine rings is 2. The molecule has 0 N–H and O–H groups in total. The summed E-state index contributed by atoms with van der Waals surface area (Å²) >= 11 is 1.30. The number of rotatable bonds is 7. The number of nitrogens with zero attached hydrogens (tertiary/aromatic N) is 5. The van der Waals surface area contributed by atoms with E-state index in [2.05, 4.69) is 19.9 Å². The monoisotopic (exact) mass is 499 g/mol. The standard InChI is InChI=1S/C23H19F2N5O4S/c1-4-33-23(32)20-26-6-5-17(28-20)22-29-21(13(3)35-22)30-12(2)7-15(9-19(30)31)34-11-18-16(25)8-14(24)10-27-18/h5-10H,4,11H2,1-3H3. The van der Waals surface area contributed by atoms with Crippen molar-refractivity contribution in [2.24, 2.45) is 0 Å². The van der Waals surface area contributed by atoms with Crippen LogP contribution in [0.25, 0.3) is 16.5 Å². The number of esters is 1. The van der Waals surface area contributed by atoms with Crippen molar-refractivity contribution < 1.29 is 23.0 Å². The molecule has 0 aliphatic heterocycles. The molecular formula is C23H19F2N5O4S. The summed E-state index contributed by atoms with van der Waals surface area (Å²) in [4.78, 5) is 42.0. The van der Waals surface area contributed by atoms with Crippen molar-refractivity contribution in [3.8, 4) is 22.3 Å². The Hall–Kier alpha value is -4.06. The third-order valence-electron chi connectivity index (χ3n) is 4.77. The van der Waals surface area contributed by atoms with Crippen LogP contribution in [0.1, 0.15) is 33.8 Å². The number of aryl methyl sites for hydroxylation is 2. The van der Waals surface area contributed by atoms with Crippen molar-refractivity contribution in [2.75, 3.05) is 6.61 Å². The van der Waals surface area contributed by atoms with Crippen LogP contribution in [0.15, 0.2) is 41.5 Å². The highest BCUT2D eigenvalue weighted by Gasteiger charge is 2.18. The molecule has 4 aromatic rings. The maximum absolute atomic E-state index is 13.8. The Morgan fingerprint density at radius 3 is 2.66 bits per heavy atom. The van der Waals surface area contributed by atoms with E-state index in [9.17, 15) is 18.4 Å². The summed E-state index contributed by atoms with van der Waals surface area (Å²) in [5, 5.41) is 0.495. The number of ether oxygens (including phenoxy) is 2. The van der Waals surface area contributed by atoms with Crippen LogP contribution in [0.2, 0.25) is 0 Å². The van der Waals surface area contributed by atoms with Gasteiger partial charge < -0.3 is 9.47 Å². The first-order valence-corrected chi connectivity index (χ1v) is 11.2. The molecule has 4 rings (SSSR count). The highest BCUT2D eigenvalue weighted by molar-refractivity contribution is 7.15. The normalized spacial score (nSPS) is 10.9. The highest BCUT2D eigenvalue weighted by atomic mass is 32.1. The molecule has 0 saturated carbocycles. The molecule has 0 unspecified atom stereocenters. The lowest BCUT2D eigenvalue weighted by atomic mass is 10.3. The number of halogens is 2. The lowest BCUT2D eigenvalue weighted by molar-refractivity contribution is 0.0512. The topological polar surface area (TPSA) is 109 Å². The van der Waals surface area contributed by atoms with E-state index in [4.69, 9.17) is 9.47 Å². The molecule has 0 bridgehead atoms. The second-order valence-electron chi connectivity index (χ2n) is 7.26. The van der Waals surface area contributed by atoms with E-state index in [0.717, 1.165) is 11.1 Å². The van der Waals surface area contributed by atoms with Crippen LogP contribution in [0.4, 0.5) is 8.78 Å². The molecule has 0 aromatic carbocycles. The van der Waals surface area contributed by atoms with Gasteiger partial charge in [0.15, 0.2) is 11.6 Å². The summed E-state index contributed by atoms with van der Waals surface area (Å²) in [7, 11) is 0. The van der Waals surface area contributed by atoms with Crippen LogP contribution in [-0.4, -0.2) is 37.1 Å². The summed E-state index contributed by atoms with van der Waals surface area (Å²) in [6, 6.07) is 5.17. The SMILES string of the molecule is CCOC(=O)c1nccc(-c2nc(-n3c(C)cc(OCc4ncc(F)cc4F)cc3=O)c(C)s2)n1. The zero-order valence-corrected chi connectivity index (χ0v) is 19.7. The largest absolute Gasteiger partial charge is 0.487 e. The molecule has 12 heteroatoms. The second-order valence-corrected chi connectivity index (χ2v) is 8.46. The van der Waals surface area contributed by atoms with Gasteiger partial charge in [-0.05, 0) is 26.8 Å². The Labute approximate surface area is 202 Å². The summed E-state index contributed by atoms with van der Waals surface area (Å²) in [5.74, 6) is -1.74. The molecule has 4 aromatic heterocycles. The molecule has 9 nitrogen and oxygen atoms in total. The average Bonchev–Trinajstić information content (AvgIpc) is 3.19. The molecule has 35 heavy (non-hydrogen) atoms. The van der Waals surface area contributed by atoms with E-state index in [-0.39, 0.29) is 30.5 Å². The molecule has 0 atom stereocenters. The first-order valence-electron chi connectivity index (χ1n) is 10.4. The van der Waals surface area contributed by atoms with Crippen molar-refractivity contribution in [3.63, 3.8) is 0 Å². The van der Waals surface area contributed by atoms with Crippen molar-refractivity contribution in [2.45, 2.75) is 27.4 Å². The zero-order valence-electron chi connectivity index (χ0n) is 18.9. The molecular weight excluding hydrogens is 480 g/mol. The van der Waals surface area contributed by atoms with Gasteiger partial charge in [-0.3, -0.25) is 14.3 Å². The van der Waals surface area contributed by atoms with E-state index in [1.807, 2.05) is 6.92 Å². The number of thiazole rings is 1. The summed E-state index contributed by atoms with van der Waals surface area (Å²) < 4.78 is 38.7. The van der Waals surface area contributed by atoms with Gasteiger partial charge in [0.2, 0.25) is 5.82 Å². The first kappa shape index (κ1) is 24.1. The van der Waals surface area contributed by atoms with Crippen LogP contribution in [0, 0.1) is 25.5 Å². The Bertz CT molecular complexity index is 1470. The van der Waals surface area contributed by atoms with E-state index in [1.165, 1.54) is 28.2 Å². The lowest BCUT2D eigenvalue weighted by Gasteiger charge is -2.11. The van der Waals surface area contributed by atoms with Gasteiger partial charge in [0.25, 0.3) is 5.56 Å². The first-order chi connectivity index (χ1) is 16.8. The second kappa shape index (κ2) is 10.1. The molecule has 180 valence electrons. The van der Waals surface area contributed by atoms with E-state index in [0.29, 0.717) is 28.3 Å². The number of hydrogen-bond acceptors (Lipinski definition) is 9. The molecule has 0 spiro atoms. The number of carbonyl (C=O) groups excluding carboxylic acids is 1. The van der Waals surface area contributed by atoms with Crippen molar-refractivity contribution >= 4 is 17.3 Å². The Morgan fingerprint density at radius 2 is 1.94 bits per heavy atom. The minimum atomic E-state index is -0.837. The Balaban J connectivity index is 1.61. The zero-order chi connectivity index (χ0) is 25.1. The minimum Gasteiger partial charge on any atom is -0.487 e. The van der Waals surface area contributed by atoms with Gasteiger partial charge in [0, 0.05) is 35.0 Å². The predicted molar refractivity (Wildman–Crippen MR) is 123 cm³/mol. The molecule has 0 aliphatic rings. The molecule has 0 amide bonds. The van der Waals surface area contributed by atoms with E-state index < -0.39 is 23.2 Å². The van der Waals surface area contributed by atoms with E-state index in [1.54, 1.807) is 26.0 Å². The molecule has 4 heterocycles. The van der Waals surface area contributed by atoms with Gasteiger partial charge in [-0.1, -0.05) is 0 Å². The van der Waals surface area contributed by atoms with Gasteiger partial charge in [0.1, 0.15) is 34.6 Å². The van der Waals surface area contributed by atoms with Gasteiger partial charge in [-0.15, -0.1) is 11.3 Å². The Kier molecular flexibility index (Phi) is 6.92. The smallest absolute Gasteiger partial charge is 0.376 e. The van der Waals surface area contributed by atoms with Crippen molar-refractivity contribution in [3.05, 3.63) is 80.7 Å². The summed E-state index contributed by atoms with van der Waals surface area (Å²) in [6.45, 7) is 5.12. The lowest BCUT2D eigenvalue weighted by Crippen LogP contribution is -2.21. The minimum absolute atomic E-state index is 0.0827. The average molecular weight is 499 g/mol. The highest BCUT2D eigenvalue weighted by Crippen LogP contribution is 2.29. The molecule has 0 fully saturated rings. The van der Waals surface area contributed by atoms with Crippen LogP contribution in [0.5, 0.6) is 5.75 Å². The fourth-order valence-corrected chi connectivity index (χ4v) is 4.07. The van der Waals surface area contributed by atoms with Crippen molar-refractivity contribution in [1.82, 2.24) is 24.5 Å². The molecule has 0 aliphatic carbocycles. The van der Waals surface area contributed by atoms with Crippen LogP contribution < -0.4 is 10.3 Å². The van der Waals surface area contributed by atoms with Crippen LogP contribution in [-0.2, 0) is 11.3 Å². The predicted octanol–water partition coefficient (Wildman–Crippen LogP) is 3.80. The van der Waals surface area contributed by atoms with Gasteiger partial charge in [0.05, 0.1) is 12.8 Å². The fourth-order valence-electron chi connectivity index (χ4n) is 3.20. The van der Waals surface area contributed by atoms with Gasteiger partial charge in [-0.25, -0.2) is 28.5 Å². The Morgan fingerprint density at radius 1 is 1.14 bits per heavy atom. The maximum atomic E-state index is 13.8. The molecule has 0 saturated heterocycles.